The molecule has 142 valence electrons. The summed E-state index contributed by atoms with van der Waals surface area (Å²) < 4.78 is 0. The Morgan fingerprint density at radius 2 is 1.81 bits per heavy atom. The number of rotatable bonds is 5. The molecular formula is C20H30N4O2. The second-order valence-electron chi connectivity index (χ2n) is 7.50. The molecule has 1 aromatic rings. The van der Waals surface area contributed by atoms with Gasteiger partial charge in [0.15, 0.2) is 0 Å². The Labute approximate surface area is 155 Å². The smallest absolute Gasteiger partial charge is 0.317 e. The van der Waals surface area contributed by atoms with E-state index in [2.05, 4.69) is 10.6 Å². The molecule has 0 aromatic heterocycles. The predicted molar refractivity (Wildman–Crippen MR) is 103 cm³/mol. The molecule has 1 aliphatic carbocycles. The van der Waals surface area contributed by atoms with E-state index >= 15 is 0 Å². The number of urea groups is 1. The van der Waals surface area contributed by atoms with E-state index in [1.807, 2.05) is 29.2 Å². The summed E-state index contributed by atoms with van der Waals surface area (Å²) in [7, 11) is 0. The number of hydrogen-bond donors (Lipinski definition) is 3. The summed E-state index contributed by atoms with van der Waals surface area (Å²) >= 11 is 0. The summed E-state index contributed by atoms with van der Waals surface area (Å²) in [6.07, 6.45) is 7.07. The van der Waals surface area contributed by atoms with Crippen LogP contribution in [0.3, 0.4) is 0 Å². The van der Waals surface area contributed by atoms with Gasteiger partial charge in [-0.1, -0.05) is 25.0 Å². The molecule has 1 unspecified atom stereocenters. The van der Waals surface area contributed by atoms with Crippen molar-refractivity contribution in [1.29, 1.82) is 0 Å². The Kier molecular flexibility index (Phi) is 6.36. The maximum atomic E-state index is 12.5. The minimum atomic E-state index is -0.107. The fraction of sp³-hybridized carbons (Fsp3) is 0.600. The third-order valence-electron chi connectivity index (χ3n) is 5.45. The zero-order valence-electron chi connectivity index (χ0n) is 15.4. The van der Waals surface area contributed by atoms with Gasteiger partial charge in [-0.05, 0) is 49.8 Å². The van der Waals surface area contributed by atoms with E-state index in [4.69, 9.17) is 5.73 Å². The van der Waals surface area contributed by atoms with Crippen LogP contribution in [-0.2, 0) is 11.2 Å². The number of piperidine rings is 1. The molecule has 4 N–H and O–H groups in total. The van der Waals surface area contributed by atoms with Crippen molar-refractivity contribution in [2.24, 2.45) is 5.92 Å². The van der Waals surface area contributed by atoms with Crippen molar-refractivity contribution >= 4 is 17.6 Å². The summed E-state index contributed by atoms with van der Waals surface area (Å²) in [5, 5.41) is 6.14. The van der Waals surface area contributed by atoms with Crippen LogP contribution in [0.4, 0.5) is 10.5 Å². The lowest BCUT2D eigenvalue weighted by atomic mass is 9.97. The number of nitrogens with one attached hydrogen (secondary N) is 2. The highest BCUT2D eigenvalue weighted by Gasteiger charge is 2.29. The SMILES string of the molecule is Nc1ccc(CCNC(=O)C2CCCN(C(=O)NC3CCCC3)C2)cc1. The summed E-state index contributed by atoms with van der Waals surface area (Å²) in [6, 6.07) is 8.03. The Morgan fingerprint density at radius 1 is 1.08 bits per heavy atom. The van der Waals surface area contributed by atoms with Gasteiger partial charge in [0.25, 0.3) is 0 Å². The molecule has 0 spiro atoms. The van der Waals surface area contributed by atoms with E-state index in [-0.39, 0.29) is 17.9 Å². The van der Waals surface area contributed by atoms with Crippen LogP contribution < -0.4 is 16.4 Å². The van der Waals surface area contributed by atoms with Crippen LogP contribution in [0, 0.1) is 5.92 Å². The van der Waals surface area contributed by atoms with Crippen LogP contribution in [-0.4, -0.2) is 42.5 Å². The van der Waals surface area contributed by atoms with Gasteiger partial charge in [0.2, 0.25) is 5.91 Å². The Bertz CT molecular complexity index is 611. The fourth-order valence-corrected chi connectivity index (χ4v) is 3.87. The number of nitrogens with zero attached hydrogens (tertiary/aromatic N) is 1. The van der Waals surface area contributed by atoms with E-state index < -0.39 is 0 Å². The van der Waals surface area contributed by atoms with Gasteiger partial charge in [0, 0.05) is 31.4 Å². The molecular weight excluding hydrogens is 328 g/mol. The number of amides is 3. The van der Waals surface area contributed by atoms with Crippen molar-refractivity contribution in [2.45, 2.75) is 51.0 Å². The number of anilines is 1. The van der Waals surface area contributed by atoms with Gasteiger partial charge < -0.3 is 21.3 Å². The van der Waals surface area contributed by atoms with Crippen molar-refractivity contribution in [2.75, 3.05) is 25.4 Å². The number of benzene rings is 1. The lowest BCUT2D eigenvalue weighted by molar-refractivity contribution is -0.126. The summed E-state index contributed by atoms with van der Waals surface area (Å²) in [5.74, 6) is -0.0525. The normalized spacial score (nSPS) is 20.8. The first kappa shape index (κ1) is 18.5. The van der Waals surface area contributed by atoms with Crippen molar-refractivity contribution in [3.63, 3.8) is 0 Å². The Hall–Kier alpha value is -2.24. The number of nitrogen functional groups attached to an aromatic ring is 1. The number of nitrogens with two attached hydrogens (primary N) is 1. The molecule has 1 saturated carbocycles. The third-order valence-corrected chi connectivity index (χ3v) is 5.45. The van der Waals surface area contributed by atoms with Gasteiger partial charge in [-0.15, -0.1) is 0 Å². The predicted octanol–water partition coefficient (Wildman–Crippen LogP) is 2.29. The zero-order valence-corrected chi connectivity index (χ0v) is 15.4. The van der Waals surface area contributed by atoms with Gasteiger partial charge in [-0.2, -0.15) is 0 Å². The zero-order chi connectivity index (χ0) is 18.4. The minimum absolute atomic E-state index is 0.00345. The molecule has 3 rings (SSSR count). The molecule has 26 heavy (non-hydrogen) atoms. The van der Waals surface area contributed by atoms with Crippen molar-refractivity contribution in [3.05, 3.63) is 29.8 Å². The summed E-state index contributed by atoms with van der Waals surface area (Å²) in [4.78, 5) is 26.7. The summed E-state index contributed by atoms with van der Waals surface area (Å²) in [6.45, 7) is 1.87. The fourth-order valence-electron chi connectivity index (χ4n) is 3.87. The number of carbonyl (C=O) groups is 2. The van der Waals surface area contributed by atoms with Crippen molar-refractivity contribution < 1.29 is 9.59 Å². The quantitative estimate of drug-likeness (QED) is 0.706. The first-order chi connectivity index (χ1) is 12.6. The lowest BCUT2D eigenvalue weighted by Gasteiger charge is -2.33. The largest absolute Gasteiger partial charge is 0.399 e. The highest BCUT2D eigenvalue weighted by molar-refractivity contribution is 5.81. The average Bonchev–Trinajstić information content (AvgIpc) is 3.16. The molecule has 0 bridgehead atoms. The van der Waals surface area contributed by atoms with Gasteiger partial charge in [-0.3, -0.25) is 4.79 Å². The number of likely N-dealkylation sites (tertiary alicyclic amines) is 1. The molecule has 3 amide bonds. The molecule has 1 aliphatic heterocycles. The molecule has 0 radical (unpaired) electrons. The van der Waals surface area contributed by atoms with Crippen LogP contribution in [0.5, 0.6) is 0 Å². The van der Waals surface area contributed by atoms with Crippen molar-refractivity contribution in [3.8, 4) is 0 Å². The first-order valence-corrected chi connectivity index (χ1v) is 9.79. The maximum absolute atomic E-state index is 12.5. The van der Waals surface area contributed by atoms with Crippen LogP contribution in [0.25, 0.3) is 0 Å². The van der Waals surface area contributed by atoms with E-state index in [0.717, 1.165) is 49.9 Å². The molecule has 6 nitrogen and oxygen atoms in total. The van der Waals surface area contributed by atoms with Gasteiger partial charge in [0.05, 0.1) is 5.92 Å². The van der Waals surface area contributed by atoms with Gasteiger partial charge in [-0.25, -0.2) is 4.79 Å². The second-order valence-corrected chi connectivity index (χ2v) is 7.50. The van der Waals surface area contributed by atoms with E-state index in [0.29, 0.717) is 19.1 Å². The van der Waals surface area contributed by atoms with Crippen LogP contribution >= 0.6 is 0 Å². The van der Waals surface area contributed by atoms with Crippen LogP contribution in [0.15, 0.2) is 24.3 Å². The monoisotopic (exact) mass is 358 g/mol. The standard InChI is InChI=1S/C20H30N4O2/c21-17-9-7-15(8-10-17)11-12-22-19(25)16-4-3-13-24(14-16)20(26)23-18-5-1-2-6-18/h7-10,16,18H,1-6,11-14,21H2,(H,22,25)(H,23,26). The third kappa shape index (κ3) is 5.13. The molecule has 1 aromatic carbocycles. The highest BCUT2D eigenvalue weighted by atomic mass is 16.2. The Morgan fingerprint density at radius 3 is 2.54 bits per heavy atom. The maximum Gasteiger partial charge on any atom is 0.317 e. The summed E-state index contributed by atoms with van der Waals surface area (Å²) in [5.41, 5.74) is 7.58. The number of carbonyl (C=O) groups excluding carboxylic acids is 2. The molecule has 1 saturated heterocycles. The molecule has 2 fully saturated rings. The van der Waals surface area contributed by atoms with E-state index in [1.165, 1.54) is 12.8 Å². The second kappa shape index (κ2) is 8.92. The van der Waals surface area contributed by atoms with Crippen LogP contribution in [0.2, 0.25) is 0 Å². The molecule has 1 atom stereocenters. The molecule has 1 heterocycles. The van der Waals surface area contributed by atoms with Gasteiger partial charge >= 0.3 is 6.03 Å². The highest BCUT2D eigenvalue weighted by Crippen LogP contribution is 2.20. The van der Waals surface area contributed by atoms with E-state index in [1.54, 1.807) is 0 Å². The average molecular weight is 358 g/mol. The minimum Gasteiger partial charge on any atom is -0.399 e. The lowest BCUT2D eigenvalue weighted by Crippen LogP contribution is -2.50. The van der Waals surface area contributed by atoms with Crippen molar-refractivity contribution in [1.82, 2.24) is 15.5 Å². The Balaban J connectivity index is 1.42. The van der Waals surface area contributed by atoms with Crippen LogP contribution in [0.1, 0.15) is 44.1 Å². The van der Waals surface area contributed by atoms with Gasteiger partial charge in [0.1, 0.15) is 0 Å². The molecule has 2 aliphatic rings. The first-order valence-electron chi connectivity index (χ1n) is 9.79. The van der Waals surface area contributed by atoms with E-state index in [9.17, 15) is 9.59 Å². The topological polar surface area (TPSA) is 87.5 Å². The molecule has 6 heteroatoms. The number of hydrogen-bond acceptors (Lipinski definition) is 3.